The number of carboxylic acids is 1. The van der Waals surface area contributed by atoms with Crippen molar-refractivity contribution in [2.24, 2.45) is 17.3 Å². The van der Waals surface area contributed by atoms with Crippen molar-refractivity contribution in [3.63, 3.8) is 0 Å². The summed E-state index contributed by atoms with van der Waals surface area (Å²) in [6, 6.07) is 13.2. The zero-order valence-corrected chi connectivity index (χ0v) is 18.7. The lowest BCUT2D eigenvalue weighted by molar-refractivity contribution is -0.145. The van der Waals surface area contributed by atoms with Gasteiger partial charge in [0.2, 0.25) is 0 Å². The van der Waals surface area contributed by atoms with E-state index in [1.54, 1.807) is 0 Å². The molecule has 0 amide bonds. The van der Waals surface area contributed by atoms with Gasteiger partial charge in [0.15, 0.2) is 0 Å². The van der Waals surface area contributed by atoms with E-state index in [1.807, 2.05) is 0 Å². The van der Waals surface area contributed by atoms with E-state index >= 15 is 0 Å². The molecule has 1 N–H and O–H groups in total. The van der Waals surface area contributed by atoms with Crippen LogP contribution in [0.4, 0.5) is 5.69 Å². The summed E-state index contributed by atoms with van der Waals surface area (Å²) in [6.45, 7) is 7.05. The van der Waals surface area contributed by atoms with Gasteiger partial charge in [0.25, 0.3) is 0 Å². The summed E-state index contributed by atoms with van der Waals surface area (Å²) < 4.78 is 6.34. The minimum atomic E-state index is -0.669. The van der Waals surface area contributed by atoms with Crippen LogP contribution in [0.25, 0.3) is 10.8 Å². The summed E-state index contributed by atoms with van der Waals surface area (Å²) in [7, 11) is 2.06. The van der Waals surface area contributed by atoms with Crippen LogP contribution in [0, 0.1) is 17.3 Å². The van der Waals surface area contributed by atoms with E-state index in [2.05, 4.69) is 69.1 Å². The Balaban J connectivity index is 1.38. The van der Waals surface area contributed by atoms with Crippen LogP contribution < -0.4 is 9.64 Å². The van der Waals surface area contributed by atoms with Crippen LogP contribution in [0.3, 0.4) is 0 Å². The van der Waals surface area contributed by atoms with Crippen molar-refractivity contribution in [3.05, 3.63) is 36.4 Å². The SMILES string of the molecule is CN(c1ccc2cc(O[C@H]3CC[C@H](C(C)(C)C)CC3)ccc2c1)C1CC(C(=O)O)C1. The van der Waals surface area contributed by atoms with Crippen LogP contribution in [0.5, 0.6) is 5.75 Å². The Morgan fingerprint density at radius 1 is 1.00 bits per heavy atom. The van der Waals surface area contributed by atoms with Gasteiger partial charge in [-0.2, -0.15) is 0 Å². The monoisotopic (exact) mass is 409 g/mol. The highest BCUT2D eigenvalue weighted by molar-refractivity contribution is 5.87. The average molecular weight is 410 g/mol. The molecule has 162 valence electrons. The molecule has 0 heterocycles. The highest BCUT2D eigenvalue weighted by Gasteiger charge is 2.37. The van der Waals surface area contributed by atoms with Crippen molar-refractivity contribution in [1.82, 2.24) is 0 Å². The van der Waals surface area contributed by atoms with Crippen LogP contribution in [0.15, 0.2) is 36.4 Å². The third-order valence-corrected chi connectivity index (χ3v) is 7.41. The number of anilines is 1. The van der Waals surface area contributed by atoms with Crippen molar-refractivity contribution < 1.29 is 14.6 Å². The van der Waals surface area contributed by atoms with Gasteiger partial charge < -0.3 is 14.7 Å². The second kappa shape index (κ2) is 8.13. The maximum absolute atomic E-state index is 11.1. The first-order valence-corrected chi connectivity index (χ1v) is 11.4. The predicted octanol–water partition coefficient (Wildman–Crippen LogP) is 6.12. The van der Waals surface area contributed by atoms with Crippen molar-refractivity contribution in [1.29, 1.82) is 0 Å². The molecule has 30 heavy (non-hydrogen) atoms. The van der Waals surface area contributed by atoms with E-state index in [0.717, 1.165) is 43.0 Å². The number of rotatable bonds is 5. The van der Waals surface area contributed by atoms with Gasteiger partial charge in [-0.3, -0.25) is 4.79 Å². The van der Waals surface area contributed by atoms with Crippen molar-refractivity contribution in [2.75, 3.05) is 11.9 Å². The largest absolute Gasteiger partial charge is 0.490 e. The normalized spacial score (nSPS) is 26.8. The van der Waals surface area contributed by atoms with E-state index in [0.29, 0.717) is 17.6 Å². The minimum absolute atomic E-state index is 0.184. The summed E-state index contributed by atoms with van der Waals surface area (Å²) in [4.78, 5) is 13.3. The lowest BCUT2D eigenvalue weighted by Crippen LogP contribution is -2.45. The van der Waals surface area contributed by atoms with Gasteiger partial charge in [-0.1, -0.05) is 32.9 Å². The van der Waals surface area contributed by atoms with Crippen LogP contribution in [-0.2, 0) is 4.79 Å². The van der Waals surface area contributed by atoms with Crippen molar-refractivity contribution in [2.45, 2.75) is 71.4 Å². The molecule has 0 saturated heterocycles. The van der Waals surface area contributed by atoms with Gasteiger partial charge in [-0.25, -0.2) is 0 Å². The van der Waals surface area contributed by atoms with Gasteiger partial charge in [0.05, 0.1) is 12.0 Å². The molecule has 2 saturated carbocycles. The maximum Gasteiger partial charge on any atom is 0.306 e. The highest BCUT2D eigenvalue weighted by Crippen LogP contribution is 2.39. The maximum atomic E-state index is 11.1. The molecule has 4 nitrogen and oxygen atoms in total. The van der Waals surface area contributed by atoms with Crippen LogP contribution in [-0.4, -0.2) is 30.3 Å². The van der Waals surface area contributed by atoms with E-state index in [9.17, 15) is 4.79 Å². The zero-order valence-electron chi connectivity index (χ0n) is 18.7. The van der Waals surface area contributed by atoms with Crippen molar-refractivity contribution in [3.8, 4) is 5.75 Å². The summed E-state index contributed by atoms with van der Waals surface area (Å²) in [5.74, 6) is 0.908. The molecule has 0 unspecified atom stereocenters. The van der Waals surface area contributed by atoms with Crippen LogP contribution >= 0.6 is 0 Å². The van der Waals surface area contributed by atoms with Gasteiger partial charge in [0.1, 0.15) is 5.75 Å². The van der Waals surface area contributed by atoms with E-state index in [4.69, 9.17) is 9.84 Å². The lowest BCUT2D eigenvalue weighted by Gasteiger charge is -2.40. The first-order valence-electron chi connectivity index (χ1n) is 11.4. The molecule has 0 aliphatic heterocycles. The lowest BCUT2D eigenvalue weighted by atomic mass is 9.72. The molecule has 0 atom stereocenters. The highest BCUT2D eigenvalue weighted by atomic mass is 16.5. The third-order valence-electron chi connectivity index (χ3n) is 7.41. The Morgan fingerprint density at radius 3 is 2.27 bits per heavy atom. The number of carbonyl (C=O) groups is 1. The Morgan fingerprint density at radius 2 is 1.63 bits per heavy atom. The number of benzene rings is 2. The zero-order chi connectivity index (χ0) is 21.5. The quantitative estimate of drug-likeness (QED) is 0.646. The fourth-order valence-corrected chi connectivity index (χ4v) is 5.06. The number of hydrogen-bond donors (Lipinski definition) is 1. The second-order valence-corrected chi connectivity index (χ2v) is 10.4. The number of nitrogens with zero attached hydrogens (tertiary/aromatic N) is 1. The molecule has 4 rings (SSSR count). The van der Waals surface area contributed by atoms with Gasteiger partial charge >= 0.3 is 5.97 Å². The van der Waals surface area contributed by atoms with Crippen LogP contribution in [0.1, 0.15) is 59.3 Å². The molecule has 0 aromatic heterocycles. The number of aliphatic carboxylic acids is 1. The first kappa shape index (κ1) is 21.0. The molecule has 0 bridgehead atoms. The fraction of sp³-hybridized carbons (Fsp3) is 0.577. The predicted molar refractivity (Wildman–Crippen MR) is 122 cm³/mol. The first-order chi connectivity index (χ1) is 14.2. The molecular formula is C26H35NO3. The number of hydrogen-bond acceptors (Lipinski definition) is 3. The average Bonchev–Trinajstić information content (AvgIpc) is 2.65. The minimum Gasteiger partial charge on any atom is -0.490 e. The molecule has 2 aliphatic rings. The van der Waals surface area contributed by atoms with Gasteiger partial charge in [-0.15, -0.1) is 0 Å². The van der Waals surface area contributed by atoms with Gasteiger partial charge in [0, 0.05) is 18.8 Å². The third kappa shape index (κ3) is 4.43. The Kier molecular flexibility index (Phi) is 5.69. The molecule has 0 spiro atoms. The van der Waals surface area contributed by atoms with Crippen molar-refractivity contribution >= 4 is 22.4 Å². The molecule has 4 heteroatoms. The summed E-state index contributed by atoms with van der Waals surface area (Å²) >= 11 is 0. The topological polar surface area (TPSA) is 49.8 Å². The van der Waals surface area contributed by atoms with E-state index in [-0.39, 0.29) is 5.92 Å². The molecular weight excluding hydrogens is 374 g/mol. The summed E-state index contributed by atoms with van der Waals surface area (Å²) in [6.07, 6.45) is 6.57. The van der Waals surface area contributed by atoms with E-state index < -0.39 is 5.97 Å². The molecule has 2 fully saturated rings. The summed E-state index contributed by atoms with van der Waals surface area (Å²) in [5, 5.41) is 11.5. The van der Waals surface area contributed by atoms with E-state index in [1.165, 1.54) is 23.6 Å². The standard InChI is InChI=1S/C26H35NO3/c1-26(2,3)20-7-11-23(12-8-20)30-24-10-6-17-13-21(9-5-18(17)16-24)27(4)22-14-19(15-22)25(28)29/h5-6,9-10,13,16,19-20,22-23H,7-8,11-12,14-15H2,1-4H3,(H,28,29)/t19?,20-,22?,23-. The smallest absolute Gasteiger partial charge is 0.306 e. The number of ether oxygens (including phenoxy) is 1. The van der Waals surface area contributed by atoms with Gasteiger partial charge in [-0.05, 0) is 84.9 Å². The number of carboxylic acid groups (broad SMARTS) is 1. The molecule has 2 aromatic carbocycles. The molecule has 0 radical (unpaired) electrons. The Hall–Kier alpha value is -2.23. The Labute approximate surface area is 180 Å². The summed E-state index contributed by atoms with van der Waals surface area (Å²) in [5.41, 5.74) is 1.54. The van der Waals surface area contributed by atoms with Crippen LogP contribution in [0.2, 0.25) is 0 Å². The molecule has 2 aliphatic carbocycles. The molecule has 2 aromatic rings. The number of fused-ring (bicyclic) bond motifs is 1. The fourth-order valence-electron chi connectivity index (χ4n) is 5.06. The second-order valence-electron chi connectivity index (χ2n) is 10.4. The Bertz CT molecular complexity index is 902.